The fraction of sp³-hybridized carbons (Fsp3) is 0.400. The third-order valence-electron chi connectivity index (χ3n) is 5.13. The summed E-state index contributed by atoms with van der Waals surface area (Å²) in [5.74, 6) is -0.323. The maximum atomic E-state index is 12.7. The van der Waals surface area contributed by atoms with Crippen LogP contribution in [0.25, 0.3) is 0 Å². The van der Waals surface area contributed by atoms with Crippen LogP contribution in [-0.4, -0.2) is 50.7 Å². The molecular weight excluding hydrogens is 376 g/mol. The van der Waals surface area contributed by atoms with E-state index >= 15 is 0 Å². The molecule has 1 aliphatic heterocycles. The quantitative estimate of drug-likeness (QED) is 0.735. The number of aliphatic hydroxyl groups excluding tert-OH is 1. The van der Waals surface area contributed by atoms with Crippen molar-refractivity contribution in [1.82, 2.24) is 14.0 Å². The lowest BCUT2D eigenvalue weighted by atomic mass is 9.97. The number of hydrogen-bond acceptors (Lipinski definition) is 5. The number of carbonyl (C=O) groups excluding carboxylic acids is 2. The van der Waals surface area contributed by atoms with E-state index in [-0.39, 0.29) is 25.0 Å². The molecule has 2 aromatic rings. The summed E-state index contributed by atoms with van der Waals surface area (Å²) in [5.41, 5.74) is -0.114. The first kappa shape index (κ1) is 20.5. The minimum absolute atomic E-state index is 0.119. The topological polar surface area (TPSA) is 114 Å². The fourth-order valence-corrected chi connectivity index (χ4v) is 3.32. The molecule has 9 heteroatoms. The molecule has 29 heavy (non-hydrogen) atoms. The summed E-state index contributed by atoms with van der Waals surface area (Å²) in [7, 11) is 1.34. The van der Waals surface area contributed by atoms with Gasteiger partial charge in [-0.2, -0.15) is 0 Å². The number of nitrogens with one attached hydrogen (secondary N) is 1. The van der Waals surface area contributed by atoms with Crippen LogP contribution in [0.2, 0.25) is 0 Å². The highest BCUT2D eigenvalue weighted by atomic mass is 16.3. The van der Waals surface area contributed by atoms with Crippen LogP contribution in [0, 0.1) is 5.92 Å². The van der Waals surface area contributed by atoms with Gasteiger partial charge in [0.1, 0.15) is 6.54 Å². The Morgan fingerprint density at radius 3 is 2.59 bits per heavy atom. The molecule has 9 nitrogen and oxygen atoms in total. The van der Waals surface area contributed by atoms with Crippen LogP contribution < -0.4 is 16.6 Å². The van der Waals surface area contributed by atoms with Gasteiger partial charge in [0.25, 0.3) is 11.5 Å². The van der Waals surface area contributed by atoms with Gasteiger partial charge in [-0.05, 0) is 37.0 Å². The second kappa shape index (κ2) is 8.87. The van der Waals surface area contributed by atoms with E-state index in [9.17, 15) is 24.3 Å². The van der Waals surface area contributed by atoms with Gasteiger partial charge >= 0.3 is 5.69 Å². The number of nitrogens with zero attached hydrogens (tertiary/aromatic N) is 3. The van der Waals surface area contributed by atoms with Crippen LogP contribution in [-0.2, 0) is 18.4 Å². The number of carbonyl (C=O) groups is 2. The van der Waals surface area contributed by atoms with Crippen molar-refractivity contribution < 1.29 is 14.7 Å². The molecule has 2 heterocycles. The second-order valence-corrected chi connectivity index (χ2v) is 7.17. The number of amides is 2. The van der Waals surface area contributed by atoms with Gasteiger partial charge in [-0.3, -0.25) is 23.5 Å². The lowest BCUT2D eigenvalue weighted by Gasteiger charge is -2.31. The Bertz CT molecular complexity index is 1020. The first-order valence-electron chi connectivity index (χ1n) is 9.45. The summed E-state index contributed by atoms with van der Waals surface area (Å²) in [6.45, 7) is 1.08. The predicted molar refractivity (Wildman–Crippen MR) is 107 cm³/mol. The molecule has 0 atom stereocenters. The summed E-state index contributed by atoms with van der Waals surface area (Å²) in [4.78, 5) is 50.2. The molecule has 2 N–H and O–H groups in total. The summed E-state index contributed by atoms with van der Waals surface area (Å²) in [5, 5.41) is 11.9. The molecule has 0 saturated carbocycles. The molecule has 1 fully saturated rings. The van der Waals surface area contributed by atoms with E-state index in [1.807, 2.05) is 0 Å². The van der Waals surface area contributed by atoms with Gasteiger partial charge in [-0.1, -0.05) is 6.07 Å². The van der Waals surface area contributed by atoms with Crippen molar-refractivity contribution in [2.75, 3.05) is 25.0 Å². The van der Waals surface area contributed by atoms with Crippen molar-refractivity contribution in [3.05, 3.63) is 62.9 Å². The highest BCUT2D eigenvalue weighted by molar-refractivity contribution is 5.97. The highest BCUT2D eigenvalue weighted by Gasteiger charge is 2.23. The van der Waals surface area contributed by atoms with E-state index in [1.165, 1.54) is 19.3 Å². The highest BCUT2D eigenvalue weighted by Crippen LogP contribution is 2.20. The molecule has 0 radical (unpaired) electrons. The molecule has 0 unspecified atom stereocenters. The number of rotatable bonds is 5. The molecule has 1 saturated heterocycles. The lowest BCUT2D eigenvalue weighted by Crippen LogP contribution is -2.39. The van der Waals surface area contributed by atoms with Crippen LogP contribution in [0.15, 0.2) is 46.1 Å². The molecule has 3 rings (SSSR count). The largest absolute Gasteiger partial charge is 0.396 e. The number of piperidine rings is 1. The first-order valence-corrected chi connectivity index (χ1v) is 9.45. The van der Waals surface area contributed by atoms with Crippen molar-refractivity contribution in [2.45, 2.75) is 19.4 Å². The summed E-state index contributed by atoms with van der Waals surface area (Å²) >= 11 is 0. The molecular formula is C20H24N4O5. The van der Waals surface area contributed by atoms with Crippen molar-refractivity contribution in [2.24, 2.45) is 13.0 Å². The maximum Gasteiger partial charge on any atom is 0.331 e. The van der Waals surface area contributed by atoms with Gasteiger partial charge in [0.15, 0.2) is 0 Å². The molecule has 0 bridgehead atoms. The Morgan fingerprint density at radius 1 is 1.17 bits per heavy atom. The average molecular weight is 400 g/mol. The minimum Gasteiger partial charge on any atom is -0.396 e. The van der Waals surface area contributed by atoms with Gasteiger partial charge in [-0.15, -0.1) is 0 Å². The molecule has 0 spiro atoms. The smallest absolute Gasteiger partial charge is 0.331 e. The normalized spacial score (nSPS) is 14.6. The maximum absolute atomic E-state index is 12.7. The molecule has 1 aromatic heterocycles. The predicted octanol–water partition coefficient (Wildman–Crippen LogP) is 0.0302. The van der Waals surface area contributed by atoms with Crippen LogP contribution >= 0.6 is 0 Å². The number of anilines is 1. The Morgan fingerprint density at radius 2 is 1.90 bits per heavy atom. The summed E-state index contributed by atoms with van der Waals surface area (Å²) in [6.07, 6.45) is 2.82. The summed E-state index contributed by atoms with van der Waals surface area (Å²) in [6, 6.07) is 7.85. The lowest BCUT2D eigenvalue weighted by molar-refractivity contribution is -0.116. The Balaban J connectivity index is 1.66. The zero-order valence-electron chi connectivity index (χ0n) is 16.2. The third kappa shape index (κ3) is 4.80. The van der Waals surface area contributed by atoms with E-state index in [2.05, 4.69) is 5.32 Å². The van der Waals surface area contributed by atoms with E-state index in [1.54, 1.807) is 29.2 Å². The van der Waals surface area contributed by atoms with E-state index < -0.39 is 17.2 Å². The third-order valence-corrected chi connectivity index (χ3v) is 5.13. The van der Waals surface area contributed by atoms with Crippen LogP contribution in [0.5, 0.6) is 0 Å². The van der Waals surface area contributed by atoms with E-state index in [0.717, 1.165) is 22.0 Å². The van der Waals surface area contributed by atoms with E-state index in [4.69, 9.17) is 0 Å². The molecule has 2 amide bonds. The minimum atomic E-state index is -0.581. The fourth-order valence-electron chi connectivity index (χ4n) is 3.32. The average Bonchev–Trinajstić information content (AvgIpc) is 2.74. The molecule has 1 aromatic carbocycles. The number of likely N-dealkylation sites (tertiary alicyclic amines) is 1. The van der Waals surface area contributed by atoms with Gasteiger partial charge in [-0.25, -0.2) is 4.79 Å². The van der Waals surface area contributed by atoms with Crippen molar-refractivity contribution in [3.8, 4) is 0 Å². The Labute approximate surface area is 167 Å². The molecule has 154 valence electrons. The Hall–Kier alpha value is -3.20. The van der Waals surface area contributed by atoms with Crippen molar-refractivity contribution in [1.29, 1.82) is 0 Å². The van der Waals surface area contributed by atoms with Gasteiger partial charge in [0.05, 0.1) is 0 Å². The second-order valence-electron chi connectivity index (χ2n) is 7.17. The van der Waals surface area contributed by atoms with Gasteiger partial charge in [0, 0.05) is 50.3 Å². The van der Waals surface area contributed by atoms with Crippen LogP contribution in [0.1, 0.15) is 23.2 Å². The van der Waals surface area contributed by atoms with Crippen molar-refractivity contribution in [3.63, 3.8) is 0 Å². The van der Waals surface area contributed by atoms with Gasteiger partial charge in [0.2, 0.25) is 5.91 Å². The number of aromatic nitrogens is 2. The Kier molecular flexibility index (Phi) is 6.28. The van der Waals surface area contributed by atoms with Crippen molar-refractivity contribution >= 4 is 17.5 Å². The molecule has 1 aliphatic rings. The number of aliphatic hydroxyl groups is 1. The van der Waals surface area contributed by atoms with Crippen LogP contribution in [0.4, 0.5) is 5.69 Å². The SMILES string of the molecule is Cn1c(=O)ccn(CC(=O)Nc2cccc(C(=O)N3CCC(CO)CC3)c2)c1=O. The number of hydrogen-bond donors (Lipinski definition) is 2. The van der Waals surface area contributed by atoms with Gasteiger partial charge < -0.3 is 15.3 Å². The number of benzene rings is 1. The summed E-state index contributed by atoms with van der Waals surface area (Å²) < 4.78 is 2.06. The zero-order chi connectivity index (χ0) is 21.0. The first-order chi connectivity index (χ1) is 13.9. The monoisotopic (exact) mass is 400 g/mol. The zero-order valence-corrected chi connectivity index (χ0v) is 16.2. The van der Waals surface area contributed by atoms with Crippen LogP contribution in [0.3, 0.4) is 0 Å². The standard InChI is InChI=1S/C20H24N4O5/c1-22-18(27)7-10-24(20(22)29)12-17(26)21-16-4-2-3-15(11-16)19(28)23-8-5-14(13-25)6-9-23/h2-4,7,10-11,14,25H,5-6,8-9,12-13H2,1H3,(H,21,26). The van der Waals surface area contributed by atoms with E-state index in [0.29, 0.717) is 24.3 Å². The molecule has 0 aliphatic carbocycles.